The number of rotatable bonds is 8. The summed E-state index contributed by atoms with van der Waals surface area (Å²) < 4.78 is 28.5. The van der Waals surface area contributed by atoms with Crippen LogP contribution >= 0.6 is 0 Å². The number of esters is 1. The third-order valence-corrected chi connectivity index (χ3v) is 8.03. The molecule has 1 aliphatic carbocycles. The Kier molecular flexibility index (Phi) is 7.44. The minimum absolute atomic E-state index is 0.351. The summed E-state index contributed by atoms with van der Waals surface area (Å²) in [5, 5.41) is 10.4. The Morgan fingerprint density at radius 1 is 0.690 bits per heavy atom. The smallest absolute Gasteiger partial charge is 0.315 e. The van der Waals surface area contributed by atoms with Crippen LogP contribution in [0, 0.1) is 11.8 Å². The summed E-state index contributed by atoms with van der Waals surface area (Å²) in [4.78, 5) is 26.8. The lowest BCUT2D eigenvalue weighted by Crippen LogP contribution is -2.52. The zero-order valence-corrected chi connectivity index (χ0v) is 23.2. The third-order valence-electron chi connectivity index (χ3n) is 8.03. The van der Waals surface area contributed by atoms with Crippen LogP contribution in [-0.2, 0) is 9.59 Å². The fourth-order valence-electron chi connectivity index (χ4n) is 6.15. The first-order valence-corrected chi connectivity index (χ1v) is 13.7. The summed E-state index contributed by atoms with van der Waals surface area (Å²) in [6.07, 6.45) is 0. The van der Waals surface area contributed by atoms with Crippen molar-refractivity contribution in [3.8, 4) is 39.9 Å². The predicted octanol–water partition coefficient (Wildman–Crippen LogP) is 5.95. The number of carbonyl (C=O) groups is 2. The highest BCUT2D eigenvalue weighted by Gasteiger charge is 2.60. The van der Waals surface area contributed by atoms with Crippen LogP contribution in [0.25, 0.3) is 11.1 Å². The first kappa shape index (κ1) is 27.2. The average molecular weight is 567 g/mol. The number of hydrogen-bond acceptors (Lipinski definition) is 7. The number of carbonyl (C=O) groups excluding carboxylic acids is 1. The fraction of sp³-hybridized carbons (Fsp3) is 0.235. The number of methoxy groups -OCH3 is 2. The molecular weight excluding hydrogens is 536 g/mol. The number of carboxylic acids is 1. The number of hydrogen-bond donors (Lipinski definition) is 1. The van der Waals surface area contributed by atoms with Gasteiger partial charge in [-0.1, -0.05) is 54.6 Å². The van der Waals surface area contributed by atoms with E-state index in [1.54, 1.807) is 36.4 Å². The number of carboxylic acid groups (broad SMARTS) is 1. The SMILES string of the molecule is COc1ccccc1C1C(C(=O)O)[C@H](c2ccccc2OC)C1C(=O)Oc1cccc(-c2ccc3c(c2)OCCO3)c1. The maximum Gasteiger partial charge on any atom is 0.315 e. The van der Waals surface area contributed by atoms with Gasteiger partial charge in [-0.05, 0) is 58.7 Å². The molecule has 4 atom stereocenters. The molecule has 1 aliphatic heterocycles. The van der Waals surface area contributed by atoms with Crippen molar-refractivity contribution in [1.82, 2.24) is 0 Å². The van der Waals surface area contributed by atoms with Gasteiger partial charge in [0.2, 0.25) is 0 Å². The second-order valence-corrected chi connectivity index (χ2v) is 10.2. The zero-order chi connectivity index (χ0) is 29.2. The van der Waals surface area contributed by atoms with Gasteiger partial charge < -0.3 is 28.8 Å². The molecule has 0 aromatic heterocycles. The first-order valence-electron chi connectivity index (χ1n) is 13.7. The molecule has 8 heteroatoms. The minimum atomic E-state index is -1.01. The molecule has 1 heterocycles. The van der Waals surface area contributed by atoms with E-state index in [9.17, 15) is 14.7 Å². The normalized spacial score (nSPS) is 20.6. The Morgan fingerprint density at radius 2 is 1.29 bits per heavy atom. The Morgan fingerprint density at radius 3 is 1.90 bits per heavy atom. The largest absolute Gasteiger partial charge is 0.496 e. The van der Waals surface area contributed by atoms with Crippen LogP contribution < -0.4 is 23.7 Å². The molecule has 4 aromatic carbocycles. The maximum atomic E-state index is 14.0. The van der Waals surface area contributed by atoms with Crippen molar-refractivity contribution in [3.63, 3.8) is 0 Å². The summed E-state index contributed by atoms with van der Waals surface area (Å²) in [5.41, 5.74) is 3.00. The number of fused-ring (bicyclic) bond motifs is 1. The lowest BCUT2D eigenvalue weighted by molar-refractivity contribution is -0.158. The second kappa shape index (κ2) is 11.5. The molecule has 3 unspecified atom stereocenters. The van der Waals surface area contributed by atoms with E-state index in [4.69, 9.17) is 23.7 Å². The average Bonchev–Trinajstić information content (AvgIpc) is 3.00. The highest BCUT2D eigenvalue weighted by Crippen LogP contribution is 2.60. The molecule has 1 saturated carbocycles. The van der Waals surface area contributed by atoms with Gasteiger partial charge in [-0.15, -0.1) is 0 Å². The van der Waals surface area contributed by atoms with Gasteiger partial charge in [0.05, 0.1) is 26.1 Å². The van der Waals surface area contributed by atoms with E-state index in [-0.39, 0.29) is 0 Å². The lowest BCUT2D eigenvalue weighted by atomic mass is 9.52. The van der Waals surface area contributed by atoms with Gasteiger partial charge in [0.25, 0.3) is 0 Å². The van der Waals surface area contributed by atoms with Crippen LogP contribution in [0.2, 0.25) is 0 Å². The van der Waals surface area contributed by atoms with Gasteiger partial charge in [-0.3, -0.25) is 9.59 Å². The van der Waals surface area contributed by atoms with Crippen molar-refractivity contribution < 1.29 is 38.4 Å². The summed E-state index contributed by atoms with van der Waals surface area (Å²) in [6.45, 7) is 0.987. The molecule has 214 valence electrons. The first-order chi connectivity index (χ1) is 20.5. The fourth-order valence-corrected chi connectivity index (χ4v) is 6.15. The van der Waals surface area contributed by atoms with E-state index >= 15 is 0 Å². The molecule has 0 saturated heterocycles. The Bertz CT molecular complexity index is 1570. The van der Waals surface area contributed by atoms with Crippen molar-refractivity contribution in [3.05, 3.63) is 102 Å². The van der Waals surface area contributed by atoms with Gasteiger partial charge >= 0.3 is 11.9 Å². The van der Waals surface area contributed by atoms with Crippen LogP contribution in [0.5, 0.6) is 28.7 Å². The van der Waals surface area contributed by atoms with Crippen LogP contribution in [-0.4, -0.2) is 44.5 Å². The quantitative estimate of drug-likeness (QED) is 0.206. The van der Waals surface area contributed by atoms with Crippen LogP contribution in [0.4, 0.5) is 0 Å². The van der Waals surface area contributed by atoms with Crippen LogP contribution in [0.1, 0.15) is 23.0 Å². The predicted molar refractivity (Wildman–Crippen MR) is 155 cm³/mol. The van der Waals surface area contributed by atoms with Gasteiger partial charge in [-0.25, -0.2) is 0 Å². The van der Waals surface area contributed by atoms with E-state index in [0.29, 0.717) is 53.1 Å². The minimum Gasteiger partial charge on any atom is -0.496 e. The van der Waals surface area contributed by atoms with Crippen LogP contribution in [0.3, 0.4) is 0 Å². The zero-order valence-electron chi connectivity index (χ0n) is 23.2. The molecule has 0 bridgehead atoms. The molecule has 6 rings (SSSR count). The number of benzene rings is 4. The third kappa shape index (κ3) is 4.89. The van der Waals surface area contributed by atoms with Crippen LogP contribution in [0.15, 0.2) is 91.0 Å². The van der Waals surface area contributed by atoms with Crippen molar-refractivity contribution >= 4 is 11.9 Å². The molecule has 1 N–H and O–H groups in total. The monoisotopic (exact) mass is 566 g/mol. The summed E-state index contributed by atoms with van der Waals surface area (Å²) in [5.74, 6) is -1.87. The molecule has 2 aliphatic rings. The van der Waals surface area contributed by atoms with Gasteiger partial charge in [0.15, 0.2) is 11.5 Å². The second-order valence-electron chi connectivity index (χ2n) is 10.2. The number of aliphatic carboxylic acids is 1. The van der Waals surface area contributed by atoms with E-state index in [2.05, 4.69) is 0 Å². The number of ether oxygens (including phenoxy) is 5. The molecule has 8 nitrogen and oxygen atoms in total. The van der Waals surface area contributed by atoms with Gasteiger partial charge in [-0.2, -0.15) is 0 Å². The van der Waals surface area contributed by atoms with Crippen molar-refractivity contribution in [1.29, 1.82) is 0 Å². The Balaban J connectivity index is 1.36. The molecule has 0 amide bonds. The summed E-state index contributed by atoms with van der Waals surface area (Å²) >= 11 is 0. The maximum absolute atomic E-state index is 14.0. The van der Waals surface area contributed by atoms with E-state index in [0.717, 1.165) is 11.1 Å². The molecule has 1 fully saturated rings. The highest BCUT2D eigenvalue weighted by atomic mass is 16.6. The van der Waals surface area contributed by atoms with E-state index < -0.39 is 35.6 Å². The molecule has 0 radical (unpaired) electrons. The summed E-state index contributed by atoms with van der Waals surface area (Å²) in [6, 6.07) is 27.3. The highest BCUT2D eigenvalue weighted by molar-refractivity contribution is 5.86. The summed E-state index contributed by atoms with van der Waals surface area (Å²) in [7, 11) is 3.06. The van der Waals surface area contributed by atoms with Crippen molar-refractivity contribution in [2.24, 2.45) is 11.8 Å². The van der Waals surface area contributed by atoms with Gasteiger partial charge in [0, 0.05) is 11.8 Å². The van der Waals surface area contributed by atoms with Crippen molar-refractivity contribution in [2.45, 2.75) is 11.8 Å². The molecule has 4 aromatic rings. The number of para-hydroxylation sites is 2. The molecular formula is C34H30O8. The Labute approximate surface area is 243 Å². The van der Waals surface area contributed by atoms with Crippen molar-refractivity contribution in [2.75, 3.05) is 27.4 Å². The molecule has 42 heavy (non-hydrogen) atoms. The Hall–Kier alpha value is -4.98. The van der Waals surface area contributed by atoms with E-state index in [1.807, 2.05) is 54.6 Å². The standard InChI is InChI=1S/C34H30O8/c1-38-25-12-5-3-10-23(25)29-31(33(35)36)30(24-11-4-6-13-26(24)39-2)32(29)34(37)42-22-9-7-8-20(18-22)21-14-15-27-28(19-21)41-17-16-40-27/h3-15,18-19,29-32H,16-17H2,1-2H3,(H,35,36)/t29-,30?,31?,32?/m0/s1. The lowest BCUT2D eigenvalue weighted by Gasteiger charge is -2.49. The topological polar surface area (TPSA) is 101 Å². The van der Waals surface area contributed by atoms with Gasteiger partial charge in [0.1, 0.15) is 30.5 Å². The van der Waals surface area contributed by atoms with E-state index in [1.165, 1.54) is 14.2 Å². The molecule has 0 spiro atoms.